The average molecular weight is 396 g/mol. The molecule has 0 amide bonds. The van der Waals surface area contributed by atoms with Gasteiger partial charge in [-0.1, -0.05) is 55.5 Å². The largest absolute Gasteiger partial charge is 0.416 e. The molecule has 2 aromatic carbocycles. The van der Waals surface area contributed by atoms with Crippen LogP contribution in [0.1, 0.15) is 67.2 Å². The maximum Gasteiger partial charge on any atom is 0.416 e. The molecule has 152 valence electrons. The van der Waals surface area contributed by atoms with Crippen molar-refractivity contribution in [3.8, 4) is 11.8 Å². The number of aryl methyl sites for hydroxylation is 1. The minimum absolute atomic E-state index is 0.535. The van der Waals surface area contributed by atoms with Crippen molar-refractivity contribution >= 4 is 0 Å². The lowest BCUT2D eigenvalue weighted by Gasteiger charge is -2.27. The van der Waals surface area contributed by atoms with Crippen LogP contribution < -0.4 is 0 Å². The quantitative estimate of drug-likeness (QED) is 0.468. The van der Waals surface area contributed by atoms with Crippen molar-refractivity contribution in [2.24, 2.45) is 5.92 Å². The van der Waals surface area contributed by atoms with E-state index in [0.29, 0.717) is 17.4 Å². The molecule has 3 heteroatoms. The van der Waals surface area contributed by atoms with Crippen LogP contribution in [0.3, 0.4) is 0 Å². The van der Waals surface area contributed by atoms with E-state index in [9.17, 15) is 13.2 Å². The highest BCUT2D eigenvalue weighted by Gasteiger charge is 2.29. The van der Waals surface area contributed by atoms with Crippen LogP contribution in [0.5, 0.6) is 0 Å². The number of allylic oxidation sites excluding steroid dienone is 2. The number of hydrogen-bond donors (Lipinski definition) is 0. The summed E-state index contributed by atoms with van der Waals surface area (Å²) in [6.45, 7) is 2.20. The van der Waals surface area contributed by atoms with Gasteiger partial charge in [0.2, 0.25) is 0 Å². The van der Waals surface area contributed by atoms with Crippen molar-refractivity contribution in [2.75, 3.05) is 0 Å². The molecule has 0 unspecified atom stereocenters. The molecule has 0 N–H and O–H groups in total. The Morgan fingerprint density at radius 3 is 2.17 bits per heavy atom. The van der Waals surface area contributed by atoms with E-state index in [1.54, 1.807) is 0 Å². The summed E-state index contributed by atoms with van der Waals surface area (Å²) >= 11 is 0. The van der Waals surface area contributed by atoms with Crippen LogP contribution in [0.4, 0.5) is 13.2 Å². The molecule has 0 aliphatic heterocycles. The predicted octanol–water partition coefficient (Wildman–Crippen LogP) is 7.54. The normalized spacial score (nSPS) is 19.7. The predicted molar refractivity (Wildman–Crippen MR) is 113 cm³/mol. The molecule has 0 saturated heterocycles. The summed E-state index contributed by atoms with van der Waals surface area (Å²) in [7, 11) is 0. The first kappa shape index (κ1) is 21.2. The molecule has 0 aromatic heterocycles. The molecular weight excluding hydrogens is 369 g/mol. The van der Waals surface area contributed by atoms with Crippen LogP contribution in [-0.4, -0.2) is 0 Å². The Kier molecular flexibility index (Phi) is 7.20. The molecule has 2 aromatic rings. The molecule has 0 spiro atoms. The Bertz CT molecular complexity index is 853. The fourth-order valence-electron chi connectivity index (χ4n) is 3.94. The van der Waals surface area contributed by atoms with E-state index < -0.39 is 11.7 Å². The van der Waals surface area contributed by atoms with Gasteiger partial charge in [0.05, 0.1) is 5.56 Å². The van der Waals surface area contributed by atoms with Crippen molar-refractivity contribution in [3.05, 3.63) is 82.9 Å². The Hall–Kier alpha value is -2.47. The molecule has 1 aliphatic carbocycles. The molecule has 0 nitrogen and oxygen atoms in total. The number of hydrogen-bond acceptors (Lipinski definition) is 0. The van der Waals surface area contributed by atoms with E-state index in [1.807, 2.05) is 6.08 Å². The number of rotatable bonds is 4. The highest BCUT2D eigenvalue weighted by molar-refractivity contribution is 5.39. The van der Waals surface area contributed by atoms with Crippen molar-refractivity contribution in [1.29, 1.82) is 0 Å². The van der Waals surface area contributed by atoms with Gasteiger partial charge in [-0.3, -0.25) is 0 Å². The van der Waals surface area contributed by atoms with Crippen molar-refractivity contribution in [1.82, 2.24) is 0 Å². The topological polar surface area (TPSA) is 0 Å². The van der Waals surface area contributed by atoms with Crippen LogP contribution in [0.15, 0.2) is 60.7 Å². The fourth-order valence-corrected chi connectivity index (χ4v) is 3.94. The second-order valence-corrected chi connectivity index (χ2v) is 7.81. The first-order valence-corrected chi connectivity index (χ1v) is 10.4. The lowest BCUT2D eigenvalue weighted by atomic mass is 9.78. The average Bonchev–Trinajstić information content (AvgIpc) is 2.72. The Morgan fingerprint density at radius 1 is 0.931 bits per heavy atom. The monoisotopic (exact) mass is 396 g/mol. The van der Waals surface area contributed by atoms with Gasteiger partial charge in [0, 0.05) is 5.56 Å². The fraction of sp³-hybridized carbons (Fsp3) is 0.385. The van der Waals surface area contributed by atoms with Crippen molar-refractivity contribution in [3.63, 3.8) is 0 Å². The van der Waals surface area contributed by atoms with E-state index in [-0.39, 0.29) is 0 Å². The van der Waals surface area contributed by atoms with E-state index in [4.69, 9.17) is 0 Å². The van der Waals surface area contributed by atoms with Gasteiger partial charge in [-0.25, -0.2) is 0 Å². The third-order valence-electron chi connectivity index (χ3n) is 5.64. The van der Waals surface area contributed by atoms with Crippen molar-refractivity contribution in [2.45, 2.75) is 57.5 Å². The summed E-state index contributed by atoms with van der Waals surface area (Å²) in [6.07, 6.45) is 6.70. The summed E-state index contributed by atoms with van der Waals surface area (Å²) < 4.78 is 37.7. The number of benzene rings is 2. The Balaban J connectivity index is 1.48. The SMILES string of the molecule is CCCc1ccc(C2CCC(/C=C/C#Cc3ccc(C(F)(F)F)cc3)CC2)cc1. The number of halogens is 3. The maximum atomic E-state index is 12.6. The van der Waals surface area contributed by atoms with E-state index in [1.165, 1.54) is 42.5 Å². The zero-order valence-corrected chi connectivity index (χ0v) is 16.8. The third kappa shape index (κ3) is 6.26. The van der Waals surface area contributed by atoms with Gasteiger partial charge in [-0.15, -0.1) is 0 Å². The van der Waals surface area contributed by atoms with Gasteiger partial charge in [0.25, 0.3) is 0 Å². The molecule has 0 atom stereocenters. The summed E-state index contributed by atoms with van der Waals surface area (Å²) in [6, 6.07) is 14.1. The first-order chi connectivity index (χ1) is 14.0. The minimum Gasteiger partial charge on any atom is -0.166 e. The molecule has 0 bridgehead atoms. The molecular formula is C26H27F3. The van der Waals surface area contributed by atoms with Gasteiger partial charge in [0.1, 0.15) is 0 Å². The van der Waals surface area contributed by atoms with Crippen LogP contribution in [0.25, 0.3) is 0 Å². The van der Waals surface area contributed by atoms with E-state index >= 15 is 0 Å². The van der Waals surface area contributed by atoms with Crippen LogP contribution in [0, 0.1) is 17.8 Å². The lowest BCUT2D eigenvalue weighted by molar-refractivity contribution is -0.137. The molecule has 0 radical (unpaired) electrons. The van der Waals surface area contributed by atoms with Crippen LogP contribution in [-0.2, 0) is 12.6 Å². The molecule has 0 heterocycles. The highest BCUT2D eigenvalue weighted by Crippen LogP contribution is 2.36. The summed E-state index contributed by atoms with van der Waals surface area (Å²) in [5.74, 6) is 7.05. The first-order valence-electron chi connectivity index (χ1n) is 10.4. The smallest absolute Gasteiger partial charge is 0.166 e. The van der Waals surface area contributed by atoms with Gasteiger partial charge >= 0.3 is 6.18 Å². The van der Waals surface area contributed by atoms with Crippen LogP contribution >= 0.6 is 0 Å². The molecule has 3 rings (SSSR count). The van der Waals surface area contributed by atoms with Gasteiger partial charge in [-0.2, -0.15) is 13.2 Å². The summed E-state index contributed by atoms with van der Waals surface area (Å²) in [4.78, 5) is 0. The zero-order chi connectivity index (χ0) is 20.7. The third-order valence-corrected chi connectivity index (χ3v) is 5.64. The second-order valence-electron chi connectivity index (χ2n) is 7.81. The van der Waals surface area contributed by atoms with E-state index in [2.05, 4.69) is 49.1 Å². The number of alkyl halides is 3. The molecule has 1 fully saturated rings. The van der Waals surface area contributed by atoms with E-state index in [0.717, 1.165) is 31.4 Å². The lowest BCUT2D eigenvalue weighted by Crippen LogP contribution is -2.11. The standard InChI is InChI=1S/C26H27F3/c1-2-5-20-8-14-23(15-9-20)24-16-10-21(11-17-24)6-3-4-7-22-12-18-25(19-13-22)26(27,28)29/h3,6,8-9,12-15,18-19,21,24H,2,5,10-11,16-17H2,1H3/b6-3+. The highest BCUT2D eigenvalue weighted by atomic mass is 19.4. The molecule has 1 saturated carbocycles. The summed E-state index contributed by atoms with van der Waals surface area (Å²) in [5, 5.41) is 0. The molecule has 29 heavy (non-hydrogen) atoms. The van der Waals surface area contributed by atoms with Gasteiger partial charge in [0.15, 0.2) is 0 Å². The Labute approximate surface area is 171 Å². The molecule has 1 aliphatic rings. The maximum absolute atomic E-state index is 12.6. The van der Waals surface area contributed by atoms with Crippen molar-refractivity contribution < 1.29 is 13.2 Å². The zero-order valence-electron chi connectivity index (χ0n) is 16.8. The van der Waals surface area contributed by atoms with Gasteiger partial charge < -0.3 is 0 Å². The minimum atomic E-state index is -4.30. The Morgan fingerprint density at radius 2 is 1.59 bits per heavy atom. The van der Waals surface area contributed by atoms with Crippen LogP contribution in [0.2, 0.25) is 0 Å². The second kappa shape index (κ2) is 9.83. The summed E-state index contributed by atoms with van der Waals surface area (Å²) in [5.41, 5.74) is 2.82. The van der Waals surface area contributed by atoms with Gasteiger partial charge in [-0.05, 0) is 85.4 Å².